The van der Waals surface area contributed by atoms with Gasteiger partial charge in [-0.25, -0.2) is 4.98 Å². The smallest absolute Gasteiger partial charge is 0.371 e. The van der Waals surface area contributed by atoms with Gasteiger partial charge >= 0.3 is 6.18 Å². The zero-order valence-electron chi connectivity index (χ0n) is 11.1. The molecule has 0 amide bonds. The van der Waals surface area contributed by atoms with E-state index < -0.39 is 11.7 Å². The van der Waals surface area contributed by atoms with Crippen molar-refractivity contribution in [3.05, 3.63) is 23.4 Å². The van der Waals surface area contributed by atoms with E-state index in [1.165, 1.54) is 0 Å². The van der Waals surface area contributed by atoms with E-state index in [9.17, 15) is 13.2 Å². The van der Waals surface area contributed by atoms with E-state index in [0.717, 1.165) is 31.9 Å². The van der Waals surface area contributed by atoms with E-state index in [4.69, 9.17) is 4.74 Å². The van der Waals surface area contributed by atoms with Gasteiger partial charge in [0.2, 0.25) is 0 Å². The van der Waals surface area contributed by atoms with Crippen molar-refractivity contribution in [3.8, 4) is 0 Å². The molecule has 0 saturated carbocycles. The summed E-state index contributed by atoms with van der Waals surface area (Å²) in [5, 5.41) is 3.28. The van der Waals surface area contributed by atoms with Gasteiger partial charge in [-0.1, -0.05) is 0 Å². The highest BCUT2D eigenvalue weighted by atomic mass is 19.4. The van der Waals surface area contributed by atoms with Gasteiger partial charge in [-0.05, 0) is 13.0 Å². The summed E-state index contributed by atoms with van der Waals surface area (Å²) < 4.78 is 44.0. The van der Waals surface area contributed by atoms with Gasteiger partial charge in [-0.2, -0.15) is 13.2 Å². The average Bonchev–Trinajstić information content (AvgIpc) is 2.56. The number of rotatable bonds is 0. The fourth-order valence-electron chi connectivity index (χ4n) is 2.76. The van der Waals surface area contributed by atoms with Gasteiger partial charge in [0.05, 0.1) is 24.3 Å². The van der Waals surface area contributed by atoms with Crippen molar-refractivity contribution < 1.29 is 17.9 Å². The number of fused-ring (bicyclic) bond motifs is 3. The quantitative estimate of drug-likeness (QED) is 0.789. The summed E-state index contributed by atoms with van der Waals surface area (Å²) in [6.07, 6.45) is -3.51. The van der Waals surface area contributed by atoms with Gasteiger partial charge in [0.1, 0.15) is 5.82 Å². The Morgan fingerprint density at radius 3 is 3.00 bits per heavy atom. The second-order valence-electron chi connectivity index (χ2n) is 5.19. The summed E-state index contributed by atoms with van der Waals surface area (Å²) in [6, 6.07) is 1.26. The Hall–Kier alpha value is -1.34. The van der Waals surface area contributed by atoms with Crippen LogP contribution in [-0.2, 0) is 17.5 Å². The fraction of sp³-hybridized carbons (Fsp3) is 0.615. The standard InChI is InChI=1S/C13H16F3N3O/c1-8-11-6-17-2-3-19(11)12-9(7-20-8)4-10(5-18-12)13(14,15)16/h4-5,8,11,17H,2-3,6-7H2,1H3/t8-,11-/m1/s1. The van der Waals surface area contributed by atoms with Crippen molar-refractivity contribution in [1.82, 2.24) is 10.3 Å². The van der Waals surface area contributed by atoms with E-state index >= 15 is 0 Å². The number of piperazine rings is 1. The summed E-state index contributed by atoms with van der Waals surface area (Å²) in [4.78, 5) is 6.12. The third kappa shape index (κ3) is 2.35. The van der Waals surface area contributed by atoms with Crippen LogP contribution >= 0.6 is 0 Å². The first-order valence-electron chi connectivity index (χ1n) is 6.62. The molecule has 4 nitrogen and oxygen atoms in total. The summed E-state index contributed by atoms with van der Waals surface area (Å²) in [5.74, 6) is 0.619. The van der Waals surface area contributed by atoms with Crippen LogP contribution in [0.3, 0.4) is 0 Å². The van der Waals surface area contributed by atoms with E-state index in [-0.39, 0.29) is 18.8 Å². The highest BCUT2D eigenvalue weighted by molar-refractivity contribution is 5.51. The first-order chi connectivity index (χ1) is 9.47. The molecule has 2 atom stereocenters. The van der Waals surface area contributed by atoms with E-state index in [1.54, 1.807) is 0 Å². The fourth-order valence-corrected chi connectivity index (χ4v) is 2.76. The summed E-state index contributed by atoms with van der Waals surface area (Å²) in [7, 11) is 0. The molecule has 0 spiro atoms. The maximum absolute atomic E-state index is 12.8. The van der Waals surface area contributed by atoms with Crippen molar-refractivity contribution in [2.75, 3.05) is 24.5 Å². The maximum Gasteiger partial charge on any atom is 0.417 e. The van der Waals surface area contributed by atoms with Crippen LogP contribution in [0.15, 0.2) is 12.3 Å². The van der Waals surface area contributed by atoms with Gasteiger partial charge in [0.25, 0.3) is 0 Å². The number of ether oxygens (including phenoxy) is 1. The number of anilines is 1. The van der Waals surface area contributed by atoms with Gasteiger partial charge in [0, 0.05) is 31.4 Å². The Labute approximate surface area is 114 Å². The molecule has 1 fully saturated rings. The van der Waals surface area contributed by atoms with Crippen molar-refractivity contribution in [1.29, 1.82) is 0 Å². The molecule has 110 valence electrons. The number of pyridine rings is 1. The largest absolute Gasteiger partial charge is 0.417 e. The third-order valence-corrected chi connectivity index (χ3v) is 3.87. The number of nitrogens with zero attached hydrogens (tertiary/aromatic N) is 2. The van der Waals surface area contributed by atoms with Crippen LogP contribution in [0.5, 0.6) is 0 Å². The second-order valence-corrected chi connectivity index (χ2v) is 5.19. The van der Waals surface area contributed by atoms with Crippen molar-refractivity contribution in [2.45, 2.75) is 31.9 Å². The van der Waals surface area contributed by atoms with Crippen LogP contribution in [0.4, 0.5) is 19.0 Å². The van der Waals surface area contributed by atoms with Crippen LogP contribution in [0, 0.1) is 0 Å². The highest BCUT2D eigenvalue weighted by Crippen LogP contribution is 2.34. The van der Waals surface area contributed by atoms with E-state index in [1.807, 2.05) is 6.92 Å². The molecule has 0 aromatic carbocycles. The van der Waals surface area contributed by atoms with Crippen LogP contribution < -0.4 is 10.2 Å². The lowest BCUT2D eigenvalue weighted by molar-refractivity contribution is -0.137. The topological polar surface area (TPSA) is 37.4 Å². The number of alkyl halides is 3. The third-order valence-electron chi connectivity index (χ3n) is 3.87. The lowest BCUT2D eigenvalue weighted by Crippen LogP contribution is -2.56. The Bertz CT molecular complexity index is 506. The Morgan fingerprint density at radius 1 is 1.45 bits per heavy atom. The number of nitrogens with one attached hydrogen (secondary N) is 1. The molecule has 0 radical (unpaired) electrons. The Balaban J connectivity index is 2.01. The zero-order chi connectivity index (χ0) is 14.3. The summed E-state index contributed by atoms with van der Waals surface area (Å²) in [5.41, 5.74) is -0.211. The maximum atomic E-state index is 12.8. The van der Waals surface area contributed by atoms with Gasteiger partial charge in [0.15, 0.2) is 0 Å². The van der Waals surface area contributed by atoms with Gasteiger partial charge < -0.3 is 15.0 Å². The van der Waals surface area contributed by atoms with Crippen molar-refractivity contribution in [3.63, 3.8) is 0 Å². The first kappa shape index (κ1) is 13.6. The van der Waals surface area contributed by atoms with E-state index in [2.05, 4.69) is 15.2 Å². The molecule has 3 rings (SSSR count). The van der Waals surface area contributed by atoms with Crippen molar-refractivity contribution in [2.24, 2.45) is 0 Å². The monoisotopic (exact) mass is 287 g/mol. The van der Waals surface area contributed by atoms with E-state index in [0.29, 0.717) is 11.4 Å². The minimum Gasteiger partial charge on any atom is -0.371 e. The second kappa shape index (κ2) is 4.89. The molecule has 7 heteroatoms. The van der Waals surface area contributed by atoms with Crippen molar-refractivity contribution >= 4 is 5.82 Å². The lowest BCUT2D eigenvalue weighted by atomic mass is 10.1. The molecule has 20 heavy (non-hydrogen) atoms. The van der Waals surface area contributed by atoms with Gasteiger partial charge in [-0.15, -0.1) is 0 Å². The number of halogens is 3. The minimum atomic E-state index is -4.37. The van der Waals surface area contributed by atoms with Crippen LogP contribution in [0.25, 0.3) is 0 Å². The molecule has 1 N–H and O–H groups in total. The zero-order valence-corrected chi connectivity index (χ0v) is 11.1. The van der Waals surface area contributed by atoms with Crippen LogP contribution in [0.1, 0.15) is 18.1 Å². The average molecular weight is 287 g/mol. The molecule has 0 unspecified atom stereocenters. The molecule has 1 aromatic rings. The lowest BCUT2D eigenvalue weighted by Gasteiger charge is -2.38. The summed E-state index contributed by atoms with van der Waals surface area (Å²) >= 11 is 0. The molecule has 0 bridgehead atoms. The molecule has 3 heterocycles. The number of aromatic nitrogens is 1. The molecule has 0 aliphatic carbocycles. The van der Waals surface area contributed by atoms with Gasteiger partial charge in [-0.3, -0.25) is 0 Å². The molecular weight excluding hydrogens is 271 g/mol. The Morgan fingerprint density at radius 2 is 2.25 bits per heavy atom. The summed E-state index contributed by atoms with van der Waals surface area (Å²) in [6.45, 7) is 4.39. The SMILES string of the molecule is C[C@H]1OCc2cc(C(F)(F)F)cnc2N2CCNC[C@H]12. The first-order valence-corrected chi connectivity index (χ1v) is 6.62. The predicted octanol–water partition coefficient (Wildman–Crippen LogP) is 1.80. The minimum absolute atomic E-state index is 0.0497. The molecular formula is C13H16F3N3O. The normalized spacial score (nSPS) is 26.7. The molecule has 1 aromatic heterocycles. The Kier molecular flexibility index (Phi) is 3.33. The number of hydrogen-bond acceptors (Lipinski definition) is 4. The molecule has 2 aliphatic heterocycles. The highest BCUT2D eigenvalue weighted by Gasteiger charge is 2.36. The van der Waals surface area contributed by atoms with Crippen LogP contribution in [0.2, 0.25) is 0 Å². The molecule has 2 aliphatic rings. The number of hydrogen-bond donors (Lipinski definition) is 1. The predicted molar refractivity (Wildman–Crippen MR) is 67.5 cm³/mol. The molecule has 1 saturated heterocycles. The van der Waals surface area contributed by atoms with Crippen LogP contribution in [-0.4, -0.2) is 36.8 Å².